The lowest BCUT2D eigenvalue weighted by atomic mass is 9.95. The smallest absolute Gasteiger partial charge is 0.231 e. The van der Waals surface area contributed by atoms with Crippen molar-refractivity contribution in [3.63, 3.8) is 0 Å². The highest BCUT2D eigenvalue weighted by molar-refractivity contribution is 5.80. The Balaban J connectivity index is 1.40. The van der Waals surface area contributed by atoms with Gasteiger partial charge in [-0.2, -0.15) is 0 Å². The topological polar surface area (TPSA) is 75.9 Å². The van der Waals surface area contributed by atoms with Gasteiger partial charge in [0.15, 0.2) is 0 Å². The van der Waals surface area contributed by atoms with E-state index in [1.807, 2.05) is 40.1 Å². The van der Waals surface area contributed by atoms with Gasteiger partial charge in [0.25, 0.3) is 0 Å². The lowest BCUT2D eigenvalue weighted by Crippen LogP contribution is -2.58. The van der Waals surface area contributed by atoms with Crippen LogP contribution in [0.2, 0.25) is 0 Å². The van der Waals surface area contributed by atoms with Crippen molar-refractivity contribution in [1.29, 1.82) is 0 Å². The van der Waals surface area contributed by atoms with Crippen LogP contribution in [0.25, 0.3) is 0 Å². The number of nitrogens with two attached hydrogens (primary N) is 1. The molecule has 0 aromatic heterocycles. The predicted molar refractivity (Wildman–Crippen MR) is 90.0 cm³/mol. The van der Waals surface area contributed by atoms with Crippen molar-refractivity contribution in [3.05, 3.63) is 35.9 Å². The van der Waals surface area contributed by atoms with E-state index in [4.69, 9.17) is 10.5 Å². The molecule has 2 amide bonds. The van der Waals surface area contributed by atoms with Crippen LogP contribution in [-0.2, 0) is 20.9 Å². The fourth-order valence-electron chi connectivity index (χ4n) is 3.39. The third-order valence-corrected chi connectivity index (χ3v) is 4.72. The number of rotatable bonds is 6. The zero-order valence-electron chi connectivity index (χ0n) is 13.9. The lowest BCUT2D eigenvalue weighted by Gasteiger charge is -2.42. The number of carbonyl (C=O) groups is 2. The van der Waals surface area contributed by atoms with Gasteiger partial charge in [0.1, 0.15) is 0 Å². The molecule has 0 bridgehead atoms. The monoisotopic (exact) mass is 331 g/mol. The first kappa shape index (κ1) is 16.9. The van der Waals surface area contributed by atoms with Gasteiger partial charge in [-0.1, -0.05) is 30.3 Å². The summed E-state index contributed by atoms with van der Waals surface area (Å²) >= 11 is 0. The molecule has 6 nitrogen and oxygen atoms in total. The average molecular weight is 331 g/mol. The highest BCUT2D eigenvalue weighted by Crippen LogP contribution is 2.23. The molecular weight excluding hydrogens is 306 g/mol. The van der Waals surface area contributed by atoms with E-state index in [1.165, 1.54) is 0 Å². The van der Waals surface area contributed by atoms with Gasteiger partial charge in [0.05, 0.1) is 25.2 Å². The van der Waals surface area contributed by atoms with Gasteiger partial charge < -0.3 is 15.4 Å². The number of likely N-dealkylation sites (tertiary alicyclic amines) is 2. The quantitative estimate of drug-likeness (QED) is 0.829. The maximum Gasteiger partial charge on any atom is 0.231 e. The van der Waals surface area contributed by atoms with Gasteiger partial charge in [-0.15, -0.1) is 0 Å². The first-order chi connectivity index (χ1) is 11.6. The van der Waals surface area contributed by atoms with E-state index in [0.29, 0.717) is 26.2 Å². The number of amides is 2. The zero-order chi connectivity index (χ0) is 16.9. The van der Waals surface area contributed by atoms with Gasteiger partial charge in [-0.25, -0.2) is 0 Å². The number of hydrogen-bond acceptors (Lipinski definition) is 4. The number of primary amides is 1. The minimum absolute atomic E-state index is 0.0202. The highest BCUT2D eigenvalue weighted by atomic mass is 16.5. The molecule has 2 aliphatic rings. The van der Waals surface area contributed by atoms with Crippen molar-refractivity contribution in [2.75, 3.05) is 32.7 Å². The highest BCUT2D eigenvalue weighted by Gasteiger charge is 2.36. The van der Waals surface area contributed by atoms with Crippen molar-refractivity contribution >= 4 is 11.8 Å². The molecule has 24 heavy (non-hydrogen) atoms. The summed E-state index contributed by atoms with van der Waals surface area (Å²) in [4.78, 5) is 27.5. The van der Waals surface area contributed by atoms with Crippen LogP contribution in [0, 0.1) is 5.92 Å². The summed E-state index contributed by atoms with van der Waals surface area (Å²) in [6.07, 6.45) is 1.95. The van der Waals surface area contributed by atoms with Crippen molar-refractivity contribution in [2.45, 2.75) is 25.6 Å². The van der Waals surface area contributed by atoms with Crippen LogP contribution < -0.4 is 5.73 Å². The largest absolute Gasteiger partial charge is 0.370 e. The molecule has 2 aliphatic heterocycles. The first-order valence-corrected chi connectivity index (χ1v) is 8.57. The molecule has 0 radical (unpaired) electrons. The Bertz CT molecular complexity index is 572. The Labute approximate surface area is 142 Å². The molecule has 130 valence electrons. The summed E-state index contributed by atoms with van der Waals surface area (Å²) in [5.41, 5.74) is 6.40. The predicted octanol–water partition coefficient (Wildman–Crippen LogP) is 0.611. The molecule has 0 spiro atoms. The molecular formula is C18H25N3O3. The van der Waals surface area contributed by atoms with Crippen molar-refractivity contribution in [2.24, 2.45) is 11.7 Å². The molecule has 1 atom stereocenters. The SMILES string of the molecule is NC(=O)CN1CCCC(C(=O)N2CC(OCc3ccccc3)C2)C1. The Morgan fingerprint density at radius 2 is 1.92 bits per heavy atom. The molecule has 0 saturated carbocycles. The minimum atomic E-state index is -0.332. The summed E-state index contributed by atoms with van der Waals surface area (Å²) in [6.45, 7) is 3.63. The normalized spacial score (nSPS) is 22.2. The second kappa shape index (κ2) is 7.77. The van der Waals surface area contributed by atoms with E-state index in [2.05, 4.69) is 0 Å². The molecule has 2 fully saturated rings. The summed E-state index contributed by atoms with van der Waals surface area (Å²) in [5.74, 6) is -0.168. The third kappa shape index (κ3) is 4.33. The second-order valence-corrected chi connectivity index (χ2v) is 6.70. The van der Waals surface area contributed by atoms with Crippen LogP contribution in [-0.4, -0.2) is 60.4 Å². The average Bonchev–Trinajstić information content (AvgIpc) is 2.54. The number of carbonyl (C=O) groups excluding carboxylic acids is 2. The molecule has 6 heteroatoms. The van der Waals surface area contributed by atoms with Gasteiger partial charge in [-0.05, 0) is 24.9 Å². The van der Waals surface area contributed by atoms with E-state index >= 15 is 0 Å². The van der Waals surface area contributed by atoms with Crippen LogP contribution in [0.15, 0.2) is 30.3 Å². The first-order valence-electron chi connectivity index (χ1n) is 8.57. The maximum absolute atomic E-state index is 12.6. The Morgan fingerprint density at radius 1 is 1.17 bits per heavy atom. The van der Waals surface area contributed by atoms with Crippen molar-refractivity contribution in [3.8, 4) is 0 Å². The Kier molecular flexibility index (Phi) is 5.48. The van der Waals surface area contributed by atoms with Crippen LogP contribution in [0.3, 0.4) is 0 Å². The Morgan fingerprint density at radius 3 is 2.62 bits per heavy atom. The van der Waals surface area contributed by atoms with Crippen LogP contribution in [0.5, 0.6) is 0 Å². The molecule has 2 saturated heterocycles. The maximum atomic E-state index is 12.6. The second-order valence-electron chi connectivity index (χ2n) is 6.70. The summed E-state index contributed by atoms with van der Waals surface area (Å²) in [7, 11) is 0. The minimum Gasteiger partial charge on any atom is -0.370 e. The van der Waals surface area contributed by atoms with Gasteiger partial charge >= 0.3 is 0 Å². The van der Waals surface area contributed by atoms with Crippen LogP contribution in [0.1, 0.15) is 18.4 Å². The number of nitrogens with zero attached hydrogens (tertiary/aromatic N) is 2. The molecule has 1 aromatic rings. The fourth-order valence-corrected chi connectivity index (χ4v) is 3.39. The van der Waals surface area contributed by atoms with E-state index in [1.54, 1.807) is 0 Å². The molecule has 1 aromatic carbocycles. The number of benzene rings is 1. The van der Waals surface area contributed by atoms with Gasteiger partial charge in [0, 0.05) is 19.6 Å². The number of hydrogen-bond donors (Lipinski definition) is 1. The number of piperidine rings is 1. The molecule has 1 unspecified atom stereocenters. The summed E-state index contributed by atoms with van der Waals surface area (Å²) in [5, 5.41) is 0. The van der Waals surface area contributed by atoms with Crippen molar-refractivity contribution in [1.82, 2.24) is 9.80 Å². The van der Waals surface area contributed by atoms with E-state index in [9.17, 15) is 9.59 Å². The lowest BCUT2D eigenvalue weighted by molar-refractivity contribution is -0.152. The molecule has 3 rings (SSSR count). The van der Waals surface area contributed by atoms with Gasteiger partial charge in [-0.3, -0.25) is 14.5 Å². The zero-order valence-corrected chi connectivity index (χ0v) is 13.9. The van der Waals surface area contributed by atoms with Crippen molar-refractivity contribution < 1.29 is 14.3 Å². The van der Waals surface area contributed by atoms with Crippen LogP contribution in [0.4, 0.5) is 0 Å². The summed E-state index contributed by atoms with van der Waals surface area (Å²) in [6, 6.07) is 10.1. The van der Waals surface area contributed by atoms with Crippen LogP contribution >= 0.6 is 0 Å². The molecule has 2 N–H and O–H groups in total. The molecule has 2 heterocycles. The summed E-state index contributed by atoms with van der Waals surface area (Å²) < 4.78 is 5.84. The standard InChI is InChI=1S/C18H25N3O3/c19-17(22)12-20-8-4-7-15(9-20)18(23)21-10-16(11-21)24-13-14-5-2-1-3-6-14/h1-3,5-6,15-16H,4,7-13H2,(H2,19,22). The number of ether oxygens (including phenoxy) is 1. The fraction of sp³-hybridized carbons (Fsp3) is 0.556. The Hall–Kier alpha value is -1.92. The van der Waals surface area contributed by atoms with E-state index in [0.717, 1.165) is 24.9 Å². The van der Waals surface area contributed by atoms with E-state index < -0.39 is 0 Å². The third-order valence-electron chi connectivity index (χ3n) is 4.72. The molecule has 0 aliphatic carbocycles. The van der Waals surface area contributed by atoms with Gasteiger partial charge in [0.2, 0.25) is 11.8 Å². The van der Waals surface area contributed by atoms with E-state index in [-0.39, 0.29) is 30.4 Å².